The van der Waals surface area contributed by atoms with Crippen LogP contribution < -0.4 is 10.1 Å². The predicted molar refractivity (Wildman–Crippen MR) is 82.3 cm³/mol. The molecule has 1 aromatic heterocycles. The summed E-state index contributed by atoms with van der Waals surface area (Å²) in [5.74, 6) is 0.800. The number of ether oxygens (including phenoxy) is 1. The smallest absolute Gasteiger partial charge is 0.145 e. The van der Waals surface area contributed by atoms with Crippen molar-refractivity contribution in [3.63, 3.8) is 0 Å². The van der Waals surface area contributed by atoms with E-state index < -0.39 is 0 Å². The number of rotatable bonds is 8. The Balaban J connectivity index is 2.00. The van der Waals surface area contributed by atoms with Gasteiger partial charge in [-0.1, -0.05) is 25.0 Å². The molecule has 0 aliphatic heterocycles. The van der Waals surface area contributed by atoms with Crippen molar-refractivity contribution in [1.82, 2.24) is 4.98 Å². The monoisotopic (exact) mass is 274 g/mol. The molecular weight excluding hydrogens is 252 g/mol. The van der Waals surface area contributed by atoms with Gasteiger partial charge in [-0.25, -0.2) is 0 Å². The number of benzene rings is 1. The van der Waals surface area contributed by atoms with E-state index in [0.29, 0.717) is 6.61 Å². The Labute approximate surface area is 119 Å². The van der Waals surface area contributed by atoms with Gasteiger partial charge >= 0.3 is 0 Å². The molecule has 1 aromatic carbocycles. The standard InChI is InChI=1S/C16H22N2O2/c1-20-15-8-6-7-13-14(9-11-18-16(13)15)17-10-4-2-3-5-12-19/h6-9,11,19H,2-5,10,12H2,1H3,(H,17,18). The van der Waals surface area contributed by atoms with Crippen LogP contribution >= 0.6 is 0 Å². The SMILES string of the molecule is COc1cccc2c(NCCCCCCO)ccnc12. The van der Waals surface area contributed by atoms with Crippen LogP contribution in [-0.2, 0) is 0 Å². The molecule has 0 bridgehead atoms. The second kappa shape index (κ2) is 7.70. The molecule has 0 saturated heterocycles. The van der Waals surface area contributed by atoms with Crippen LogP contribution in [0.4, 0.5) is 5.69 Å². The lowest BCUT2D eigenvalue weighted by Gasteiger charge is -2.11. The molecule has 0 fully saturated rings. The molecule has 0 radical (unpaired) electrons. The molecule has 1 heterocycles. The molecule has 0 unspecified atom stereocenters. The molecule has 2 N–H and O–H groups in total. The highest BCUT2D eigenvalue weighted by Crippen LogP contribution is 2.28. The maximum atomic E-state index is 8.73. The third-order valence-corrected chi connectivity index (χ3v) is 3.35. The Morgan fingerprint density at radius 3 is 2.80 bits per heavy atom. The van der Waals surface area contributed by atoms with Crippen LogP contribution in [0.5, 0.6) is 5.75 Å². The molecule has 0 atom stereocenters. The second-order valence-corrected chi connectivity index (χ2v) is 4.78. The van der Waals surface area contributed by atoms with E-state index in [9.17, 15) is 0 Å². The van der Waals surface area contributed by atoms with Gasteiger partial charge in [0.1, 0.15) is 11.3 Å². The minimum atomic E-state index is 0.294. The van der Waals surface area contributed by atoms with Crippen molar-refractivity contribution in [3.05, 3.63) is 30.5 Å². The fourth-order valence-electron chi connectivity index (χ4n) is 2.28. The van der Waals surface area contributed by atoms with Crippen molar-refractivity contribution in [2.24, 2.45) is 0 Å². The topological polar surface area (TPSA) is 54.4 Å². The summed E-state index contributed by atoms with van der Waals surface area (Å²) >= 11 is 0. The molecule has 0 saturated carbocycles. The highest BCUT2D eigenvalue weighted by molar-refractivity contribution is 5.94. The molecular formula is C16H22N2O2. The molecule has 4 heteroatoms. The van der Waals surface area contributed by atoms with Crippen LogP contribution in [-0.4, -0.2) is 30.4 Å². The highest BCUT2D eigenvalue weighted by Gasteiger charge is 2.05. The molecule has 2 rings (SSSR count). The number of nitrogens with one attached hydrogen (secondary N) is 1. The third-order valence-electron chi connectivity index (χ3n) is 3.35. The zero-order valence-corrected chi connectivity index (χ0v) is 11.9. The number of unbranched alkanes of at least 4 members (excludes halogenated alkanes) is 3. The van der Waals surface area contributed by atoms with Gasteiger partial charge in [-0.05, 0) is 25.0 Å². The van der Waals surface area contributed by atoms with Crippen molar-refractivity contribution in [1.29, 1.82) is 0 Å². The number of aliphatic hydroxyl groups excluding tert-OH is 1. The van der Waals surface area contributed by atoms with Crippen molar-refractivity contribution in [3.8, 4) is 5.75 Å². The molecule has 0 amide bonds. The summed E-state index contributed by atoms with van der Waals surface area (Å²) in [7, 11) is 1.66. The molecule has 0 aliphatic carbocycles. The van der Waals surface area contributed by atoms with E-state index in [-0.39, 0.29) is 0 Å². The van der Waals surface area contributed by atoms with Crippen LogP contribution in [0.15, 0.2) is 30.5 Å². The summed E-state index contributed by atoms with van der Waals surface area (Å²) in [6.07, 6.45) is 6.03. The van der Waals surface area contributed by atoms with Crippen LogP contribution in [0, 0.1) is 0 Å². The van der Waals surface area contributed by atoms with Crippen molar-refractivity contribution >= 4 is 16.6 Å². The van der Waals surface area contributed by atoms with Gasteiger partial charge in [0.2, 0.25) is 0 Å². The number of hydrogen-bond donors (Lipinski definition) is 2. The molecule has 0 spiro atoms. The molecule has 20 heavy (non-hydrogen) atoms. The number of methoxy groups -OCH3 is 1. The van der Waals surface area contributed by atoms with Gasteiger partial charge in [-0.2, -0.15) is 0 Å². The first-order valence-electron chi connectivity index (χ1n) is 7.13. The zero-order chi connectivity index (χ0) is 14.2. The Kier molecular flexibility index (Phi) is 5.62. The lowest BCUT2D eigenvalue weighted by atomic mass is 10.1. The van der Waals surface area contributed by atoms with Gasteiger partial charge in [0.25, 0.3) is 0 Å². The molecule has 2 aromatic rings. The second-order valence-electron chi connectivity index (χ2n) is 4.78. The number of nitrogens with zero attached hydrogens (tertiary/aromatic N) is 1. The zero-order valence-electron chi connectivity index (χ0n) is 11.9. The van der Waals surface area contributed by atoms with Gasteiger partial charge in [-0.3, -0.25) is 4.98 Å². The number of aliphatic hydroxyl groups is 1. The maximum absolute atomic E-state index is 8.73. The predicted octanol–water partition coefficient (Wildman–Crippen LogP) is 3.21. The van der Waals surface area contributed by atoms with Gasteiger partial charge in [0.15, 0.2) is 0 Å². The quantitative estimate of drug-likeness (QED) is 0.726. The summed E-state index contributed by atoms with van der Waals surface area (Å²) in [5, 5.41) is 13.3. The first-order valence-corrected chi connectivity index (χ1v) is 7.13. The van der Waals surface area contributed by atoms with Gasteiger partial charge < -0.3 is 15.2 Å². The third kappa shape index (κ3) is 3.61. The Morgan fingerprint density at radius 2 is 2.00 bits per heavy atom. The Morgan fingerprint density at radius 1 is 1.15 bits per heavy atom. The molecule has 4 nitrogen and oxygen atoms in total. The van der Waals surface area contributed by atoms with Gasteiger partial charge in [0.05, 0.1) is 7.11 Å². The molecule has 0 aliphatic rings. The van der Waals surface area contributed by atoms with E-state index in [1.165, 1.54) is 0 Å². The number of fused-ring (bicyclic) bond motifs is 1. The highest BCUT2D eigenvalue weighted by atomic mass is 16.5. The molecule has 108 valence electrons. The van der Waals surface area contributed by atoms with E-state index in [1.807, 2.05) is 18.2 Å². The number of aromatic nitrogens is 1. The van der Waals surface area contributed by atoms with E-state index in [0.717, 1.165) is 54.6 Å². The average molecular weight is 274 g/mol. The fourth-order valence-corrected chi connectivity index (χ4v) is 2.28. The van der Waals surface area contributed by atoms with Crippen LogP contribution in [0.3, 0.4) is 0 Å². The van der Waals surface area contributed by atoms with Crippen LogP contribution in [0.25, 0.3) is 10.9 Å². The summed E-state index contributed by atoms with van der Waals surface area (Å²) < 4.78 is 5.34. The summed E-state index contributed by atoms with van der Waals surface area (Å²) in [5.41, 5.74) is 1.98. The van der Waals surface area contributed by atoms with Gasteiger partial charge in [0, 0.05) is 30.4 Å². The fraction of sp³-hybridized carbons (Fsp3) is 0.438. The Hall–Kier alpha value is -1.81. The first-order chi connectivity index (χ1) is 9.86. The minimum absolute atomic E-state index is 0.294. The maximum Gasteiger partial charge on any atom is 0.145 e. The van der Waals surface area contributed by atoms with Crippen LogP contribution in [0.1, 0.15) is 25.7 Å². The number of para-hydroxylation sites is 1. The number of anilines is 1. The van der Waals surface area contributed by atoms with E-state index in [2.05, 4.69) is 16.4 Å². The van der Waals surface area contributed by atoms with E-state index in [4.69, 9.17) is 9.84 Å². The lowest BCUT2D eigenvalue weighted by Crippen LogP contribution is -2.02. The first kappa shape index (κ1) is 14.6. The normalized spacial score (nSPS) is 10.7. The summed E-state index contributed by atoms with van der Waals surface area (Å²) in [4.78, 5) is 4.39. The minimum Gasteiger partial charge on any atom is -0.494 e. The number of hydrogen-bond acceptors (Lipinski definition) is 4. The number of pyridine rings is 1. The van der Waals surface area contributed by atoms with Gasteiger partial charge in [-0.15, -0.1) is 0 Å². The van der Waals surface area contributed by atoms with Crippen molar-refractivity contribution in [2.45, 2.75) is 25.7 Å². The van der Waals surface area contributed by atoms with Crippen molar-refractivity contribution in [2.75, 3.05) is 25.6 Å². The average Bonchev–Trinajstić information content (AvgIpc) is 2.50. The van der Waals surface area contributed by atoms with Crippen molar-refractivity contribution < 1.29 is 9.84 Å². The summed E-state index contributed by atoms with van der Waals surface area (Å²) in [6, 6.07) is 7.96. The van der Waals surface area contributed by atoms with Crippen LogP contribution in [0.2, 0.25) is 0 Å². The lowest BCUT2D eigenvalue weighted by molar-refractivity contribution is 0.283. The van der Waals surface area contributed by atoms with E-state index in [1.54, 1.807) is 13.3 Å². The Bertz CT molecular complexity index is 543. The van der Waals surface area contributed by atoms with E-state index >= 15 is 0 Å². The largest absolute Gasteiger partial charge is 0.494 e. The summed E-state index contributed by atoms with van der Waals surface area (Å²) in [6.45, 7) is 1.23.